The van der Waals surface area contributed by atoms with Crippen molar-refractivity contribution < 1.29 is 9.59 Å². The van der Waals surface area contributed by atoms with E-state index in [4.69, 9.17) is 0 Å². The minimum Gasteiger partial charge on any atom is -0.336 e. The van der Waals surface area contributed by atoms with Gasteiger partial charge < -0.3 is 10.2 Å². The number of carbonyl (C=O) groups excluding carboxylic acids is 2. The zero-order chi connectivity index (χ0) is 19.9. The van der Waals surface area contributed by atoms with Gasteiger partial charge in [0.1, 0.15) is 0 Å². The van der Waals surface area contributed by atoms with Gasteiger partial charge in [-0.1, -0.05) is 48.7 Å². The molecule has 9 heteroatoms. The number of tetrazole rings is 1. The molecule has 3 rings (SSSR count). The van der Waals surface area contributed by atoms with E-state index in [1.54, 1.807) is 7.05 Å². The van der Waals surface area contributed by atoms with E-state index < -0.39 is 0 Å². The molecule has 150 valence electrons. The summed E-state index contributed by atoms with van der Waals surface area (Å²) >= 11 is 1.32. The fourth-order valence-electron chi connectivity index (χ4n) is 3.21. The smallest absolute Gasteiger partial charge is 0.243 e. The Bertz CT molecular complexity index is 801. The lowest BCUT2D eigenvalue weighted by atomic mass is 9.96. The summed E-state index contributed by atoms with van der Waals surface area (Å²) in [6.45, 7) is 1.99. The molecule has 1 aromatic heterocycles. The van der Waals surface area contributed by atoms with Crippen LogP contribution in [0.15, 0.2) is 29.4 Å². The molecule has 0 unspecified atom stereocenters. The third-order valence-electron chi connectivity index (χ3n) is 4.85. The number of rotatable bonds is 7. The number of aryl methyl sites for hydroxylation is 1. The molecule has 2 amide bonds. The zero-order valence-corrected chi connectivity index (χ0v) is 17.1. The molecule has 0 radical (unpaired) electrons. The molecule has 0 spiro atoms. The van der Waals surface area contributed by atoms with Gasteiger partial charge in [-0.3, -0.25) is 9.59 Å². The van der Waals surface area contributed by atoms with Crippen LogP contribution < -0.4 is 5.32 Å². The van der Waals surface area contributed by atoms with Gasteiger partial charge in [0.05, 0.1) is 18.3 Å². The van der Waals surface area contributed by atoms with Crippen LogP contribution in [0.3, 0.4) is 0 Å². The van der Waals surface area contributed by atoms with Crippen molar-refractivity contribution in [2.24, 2.45) is 0 Å². The molecule has 2 aromatic rings. The Balaban J connectivity index is 1.47. The number of thioether (sulfide) groups is 1. The molecule has 1 aliphatic carbocycles. The third kappa shape index (κ3) is 5.54. The predicted octanol–water partition coefficient (Wildman–Crippen LogP) is 2.68. The molecular weight excluding hydrogens is 376 g/mol. The molecule has 28 heavy (non-hydrogen) atoms. The summed E-state index contributed by atoms with van der Waals surface area (Å²) in [6.07, 6.45) is 5.78. The van der Waals surface area contributed by atoms with Crippen LogP contribution in [0.25, 0.3) is 0 Å². The number of hydrogen-bond donors (Lipinski definition) is 1. The zero-order valence-electron chi connectivity index (χ0n) is 16.3. The second-order valence-electron chi connectivity index (χ2n) is 7.15. The van der Waals surface area contributed by atoms with E-state index in [-0.39, 0.29) is 24.1 Å². The fourth-order valence-corrected chi connectivity index (χ4v) is 4.10. The van der Waals surface area contributed by atoms with Crippen LogP contribution in [-0.2, 0) is 9.59 Å². The average molecular weight is 403 g/mol. The summed E-state index contributed by atoms with van der Waals surface area (Å²) in [6, 6.07) is 7.86. The molecule has 8 nitrogen and oxygen atoms in total. The van der Waals surface area contributed by atoms with E-state index in [0.29, 0.717) is 11.2 Å². The maximum absolute atomic E-state index is 12.4. The van der Waals surface area contributed by atoms with Crippen LogP contribution in [0, 0.1) is 6.92 Å². The van der Waals surface area contributed by atoms with Crippen LogP contribution in [0.2, 0.25) is 0 Å². The molecule has 1 aromatic carbocycles. The lowest BCUT2D eigenvalue weighted by molar-refractivity contribution is -0.131. The lowest BCUT2D eigenvalue weighted by Gasteiger charge is -2.22. The third-order valence-corrected chi connectivity index (χ3v) is 5.77. The normalized spacial score (nSPS) is 14.6. The Morgan fingerprint density at radius 1 is 1.21 bits per heavy atom. The van der Waals surface area contributed by atoms with Crippen molar-refractivity contribution in [3.63, 3.8) is 0 Å². The second-order valence-corrected chi connectivity index (χ2v) is 8.09. The molecule has 1 aliphatic rings. The van der Waals surface area contributed by atoms with Crippen molar-refractivity contribution in [2.45, 2.75) is 50.2 Å². The number of aromatic nitrogens is 4. The molecule has 0 bridgehead atoms. The Hall–Kier alpha value is -2.42. The largest absolute Gasteiger partial charge is 0.336 e. The highest BCUT2D eigenvalue weighted by atomic mass is 32.2. The van der Waals surface area contributed by atoms with Crippen LogP contribution in [-0.4, -0.2) is 56.3 Å². The highest BCUT2D eigenvalue weighted by Crippen LogP contribution is 2.30. The Morgan fingerprint density at radius 2 is 1.93 bits per heavy atom. The van der Waals surface area contributed by atoms with Gasteiger partial charge in [0, 0.05) is 12.7 Å². The quantitative estimate of drug-likeness (QED) is 0.716. The first-order valence-corrected chi connectivity index (χ1v) is 10.5. The van der Waals surface area contributed by atoms with Gasteiger partial charge >= 0.3 is 0 Å². The standard InChI is InChI=1S/C19H26N6O2S/c1-14-8-10-15(11-9-14)20-17(26)12-24(2)18(27)13-28-19-21-22-23-25(19)16-6-4-3-5-7-16/h8-11,16H,3-7,12-13H2,1-2H3,(H,20,26). The van der Waals surface area contributed by atoms with Gasteiger partial charge in [-0.05, 0) is 42.3 Å². The summed E-state index contributed by atoms with van der Waals surface area (Å²) in [4.78, 5) is 26.0. The molecule has 1 heterocycles. The van der Waals surface area contributed by atoms with Crippen LogP contribution in [0.4, 0.5) is 5.69 Å². The van der Waals surface area contributed by atoms with Crippen LogP contribution >= 0.6 is 11.8 Å². The second kappa shape index (κ2) is 9.68. The Labute approximate surface area is 169 Å². The number of hydrogen-bond acceptors (Lipinski definition) is 6. The van der Waals surface area contributed by atoms with Gasteiger partial charge in [0.25, 0.3) is 0 Å². The van der Waals surface area contributed by atoms with E-state index in [1.807, 2.05) is 35.9 Å². The molecule has 0 atom stereocenters. The van der Waals surface area contributed by atoms with Crippen LogP contribution in [0.1, 0.15) is 43.7 Å². The minimum absolute atomic E-state index is 0.000829. The molecule has 1 saturated carbocycles. The topological polar surface area (TPSA) is 93.0 Å². The SMILES string of the molecule is Cc1ccc(NC(=O)CN(C)C(=O)CSc2nnnn2C2CCCCC2)cc1. The number of benzene rings is 1. The maximum atomic E-state index is 12.4. The van der Waals surface area contributed by atoms with Gasteiger partial charge in [-0.25, -0.2) is 4.68 Å². The number of nitrogens with one attached hydrogen (secondary N) is 1. The van der Waals surface area contributed by atoms with Crippen molar-refractivity contribution in [3.05, 3.63) is 29.8 Å². The molecule has 0 saturated heterocycles. The van der Waals surface area contributed by atoms with Gasteiger partial charge in [-0.15, -0.1) is 5.10 Å². The van der Waals surface area contributed by atoms with Crippen molar-refractivity contribution in [1.82, 2.24) is 25.1 Å². The van der Waals surface area contributed by atoms with Crippen molar-refractivity contribution in [1.29, 1.82) is 0 Å². The summed E-state index contributed by atoms with van der Waals surface area (Å²) in [5.41, 5.74) is 1.84. The minimum atomic E-state index is -0.225. The van der Waals surface area contributed by atoms with Gasteiger partial charge in [0.15, 0.2) is 0 Å². The molecular formula is C19H26N6O2S. The number of amides is 2. The highest BCUT2D eigenvalue weighted by Gasteiger charge is 2.21. The van der Waals surface area contributed by atoms with E-state index >= 15 is 0 Å². The van der Waals surface area contributed by atoms with E-state index in [2.05, 4.69) is 20.8 Å². The van der Waals surface area contributed by atoms with Crippen molar-refractivity contribution in [2.75, 3.05) is 24.7 Å². The first kappa shape index (κ1) is 20.3. The summed E-state index contributed by atoms with van der Waals surface area (Å²) in [5, 5.41) is 15.4. The molecule has 1 N–H and O–H groups in total. The predicted molar refractivity (Wildman–Crippen MR) is 108 cm³/mol. The van der Waals surface area contributed by atoms with E-state index in [0.717, 1.165) is 24.1 Å². The number of nitrogens with zero attached hydrogens (tertiary/aromatic N) is 5. The monoisotopic (exact) mass is 402 g/mol. The highest BCUT2D eigenvalue weighted by molar-refractivity contribution is 7.99. The van der Waals surface area contributed by atoms with E-state index in [1.165, 1.54) is 35.9 Å². The molecule has 0 aliphatic heterocycles. The Kier molecular flexibility index (Phi) is 7.02. The first-order chi connectivity index (χ1) is 13.5. The average Bonchev–Trinajstić information content (AvgIpc) is 3.17. The molecule has 1 fully saturated rings. The van der Waals surface area contributed by atoms with Crippen LogP contribution in [0.5, 0.6) is 0 Å². The van der Waals surface area contributed by atoms with Crippen molar-refractivity contribution in [3.8, 4) is 0 Å². The van der Waals surface area contributed by atoms with Gasteiger partial charge in [0.2, 0.25) is 17.0 Å². The summed E-state index contributed by atoms with van der Waals surface area (Å²) in [5.74, 6) is -0.166. The summed E-state index contributed by atoms with van der Waals surface area (Å²) < 4.78 is 1.85. The first-order valence-electron chi connectivity index (χ1n) is 9.54. The summed E-state index contributed by atoms with van der Waals surface area (Å²) in [7, 11) is 1.63. The van der Waals surface area contributed by atoms with Crippen molar-refractivity contribution >= 4 is 29.3 Å². The van der Waals surface area contributed by atoms with E-state index in [9.17, 15) is 9.59 Å². The lowest BCUT2D eigenvalue weighted by Crippen LogP contribution is -2.36. The number of likely N-dealkylation sites (N-methyl/N-ethyl adjacent to an activating group) is 1. The Morgan fingerprint density at radius 3 is 2.64 bits per heavy atom. The fraction of sp³-hybridized carbons (Fsp3) is 0.526. The van der Waals surface area contributed by atoms with Gasteiger partial charge in [-0.2, -0.15) is 0 Å². The number of anilines is 1. The maximum Gasteiger partial charge on any atom is 0.243 e. The number of carbonyl (C=O) groups is 2.